The van der Waals surface area contributed by atoms with Crippen molar-refractivity contribution in [2.45, 2.75) is 38.9 Å². The van der Waals surface area contributed by atoms with E-state index >= 15 is 0 Å². The predicted octanol–water partition coefficient (Wildman–Crippen LogP) is 19.2. The maximum absolute atomic E-state index is 10.7. The Kier molecular flexibility index (Phi) is 17.2. The number of aromatic hydroxyl groups is 2. The van der Waals surface area contributed by atoms with Gasteiger partial charge >= 0.3 is 7.12 Å². The van der Waals surface area contributed by atoms with Crippen molar-refractivity contribution in [1.82, 2.24) is 29.9 Å². The van der Waals surface area contributed by atoms with Crippen LogP contribution in [0.15, 0.2) is 296 Å². The number of halogens is 1. The van der Waals surface area contributed by atoms with Gasteiger partial charge in [-0.15, -0.1) is 0 Å². The molecule has 1 aliphatic heterocycles. The van der Waals surface area contributed by atoms with E-state index in [2.05, 4.69) is 98.2 Å². The third-order valence-corrected chi connectivity index (χ3v) is 17.5. The van der Waals surface area contributed by atoms with Crippen LogP contribution in [0.5, 0.6) is 11.5 Å². The molecule has 92 heavy (non-hydrogen) atoms. The molecule has 0 bridgehead atoms. The lowest BCUT2D eigenvalue weighted by atomic mass is 9.79. The van der Waals surface area contributed by atoms with E-state index in [0.717, 1.165) is 98.2 Å². The van der Waals surface area contributed by atoms with E-state index in [1.807, 2.05) is 224 Å². The molecule has 12 aromatic carbocycles. The SMILES string of the molecule is CC1(C)OB(c2ccc(-c3nc(-c4ccccc4)nc(-c4cccc(-c5ccccc5)c4)n3)cc2)OC1(C)C.Oc1ccc2ccccc2c1-c1ccc(-c2nc(-c3ccccc3)nc(-c3cccc(-c4ccccc4)c3)n2)cc1.Oc1ccc2ccccc2c1Br. The van der Waals surface area contributed by atoms with Gasteiger partial charge in [-0.25, -0.2) is 29.9 Å². The zero-order valence-electron chi connectivity index (χ0n) is 51.1. The molecule has 1 saturated heterocycles. The lowest BCUT2D eigenvalue weighted by Crippen LogP contribution is -2.41. The summed E-state index contributed by atoms with van der Waals surface area (Å²) >= 11 is 3.33. The molecule has 0 saturated carbocycles. The van der Waals surface area contributed by atoms with Crippen molar-refractivity contribution in [3.63, 3.8) is 0 Å². The molecule has 2 aromatic heterocycles. The topological polar surface area (TPSA) is 136 Å². The van der Waals surface area contributed by atoms with E-state index < -0.39 is 18.3 Å². The van der Waals surface area contributed by atoms with E-state index in [1.165, 1.54) is 0 Å². The van der Waals surface area contributed by atoms with Gasteiger partial charge in [-0.3, -0.25) is 0 Å². The summed E-state index contributed by atoms with van der Waals surface area (Å²) in [4.78, 5) is 29.4. The van der Waals surface area contributed by atoms with Crippen LogP contribution >= 0.6 is 15.9 Å². The Balaban J connectivity index is 0.000000142. The van der Waals surface area contributed by atoms with Crippen LogP contribution in [0, 0.1) is 0 Å². The molecule has 12 heteroatoms. The summed E-state index contributed by atoms with van der Waals surface area (Å²) in [5, 5.41) is 24.4. The molecule has 15 rings (SSSR count). The molecular weight excluding hydrogens is 1200 g/mol. The van der Waals surface area contributed by atoms with Crippen LogP contribution in [-0.4, -0.2) is 58.4 Å². The van der Waals surface area contributed by atoms with Gasteiger partial charge < -0.3 is 19.5 Å². The molecule has 446 valence electrons. The lowest BCUT2D eigenvalue weighted by Gasteiger charge is -2.32. The van der Waals surface area contributed by atoms with Crippen molar-refractivity contribution >= 4 is 50.1 Å². The fourth-order valence-electron chi connectivity index (χ4n) is 11.0. The summed E-state index contributed by atoms with van der Waals surface area (Å²) in [7, 11) is -0.418. The molecule has 14 aromatic rings. The molecule has 0 amide bonds. The van der Waals surface area contributed by atoms with Crippen LogP contribution in [-0.2, 0) is 9.31 Å². The average Bonchev–Trinajstić information content (AvgIpc) is 1.41. The van der Waals surface area contributed by atoms with Crippen molar-refractivity contribution in [3.8, 4) is 113 Å². The van der Waals surface area contributed by atoms with Crippen LogP contribution in [0.2, 0.25) is 0 Å². The Labute approximate surface area is 544 Å². The molecule has 2 N–H and O–H groups in total. The highest BCUT2D eigenvalue weighted by atomic mass is 79.9. The minimum absolute atomic E-state index is 0.253. The Morgan fingerprint density at radius 2 is 0.609 bits per heavy atom. The normalized spacial score (nSPS) is 13.0. The highest BCUT2D eigenvalue weighted by Crippen LogP contribution is 2.40. The van der Waals surface area contributed by atoms with Crippen molar-refractivity contribution in [2.24, 2.45) is 0 Å². The van der Waals surface area contributed by atoms with Gasteiger partial charge in [0.1, 0.15) is 11.5 Å². The smallest absolute Gasteiger partial charge is 0.494 e. The minimum atomic E-state index is -0.418. The molecule has 0 radical (unpaired) electrons. The number of hydrogen-bond donors (Lipinski definition) is 2. The number of phenolic OH excluding ortho intramolecular Hbond substituents is 2. The molecule has 0 spiro atoms. The maximum atomic E-state index is 10.7. The first-order valence-electron chi connectivity index (χ1n) is 30.4. The van der Waals surface area contributed by atoms with E-state index in [-0.39, 0.29) is 11.5 Å². The molecule has 3 heterocycles. The summed E-state index contributed by atoms with van der Waals surface area (Å²) < 4.78 is 13.2. The summed E-state index contributed by atoms with van der Waals surface area (Å²) in [6, 6.07) is 96.6. The molecule has 1 fully saturated rings. The second kappa shape index (κ2) is 26.4. The third kappa shape index (κ3) is 13.1. The summed E-state index contributed by atoms with van der Waals surface area (Å²) in [5.41, 5.74) is 11.9. The maximum Gasteiger partial charge on any atom is 0.494 e. The number of phenols is 2. The van der Waals surface area contributed by atoms with E-state index in [0.29, 0.717) is 34.9 Å². The van der Waals surface area contributed by atoms with Gasteiger partial charge in [0, 0.05) is 38.9 Å². The van der Waals surface area contributed by atoms with Crippen molar-refractivity contribution < 1.29 is 19.5 Å². The van der Waals surface area contributed by atoms with Gasteiger partial charge in [0.2, 0.25) is 0 Å². The molecular formula is C80H62BBrN6O4. The first-order valence-corrected chi connectivity index (χ1v) is 31.2. The second-order valence-electron chi connectivity index (χ2n) is 23.3. The van der Waals surface area contributed by atoms with Crippen molar-refractivity contribution in [3.05, 3.63) is 296 Å². The number of nitrogens with zero attached hydrogens (tertiary/aromatic N) is 6. The summed E-state index contributed by atoms with van der Waals surface area (Å²) in [6.45, 7) is 8.24. The Morgan fingerprint density at radius 3 is 1.05 bits per heavy atom. The monoisotopic (exact) mass is 1260 g/mol. The molecule has 0 unspecified atom stereocenters. The standard InChI is InChI=1S/C37H25N3O.C33H30BN3O2.C10H7BrO/c41-33-23-22-26-12-7-8-17-32(26)34(33)27-18-20-29(21-19-27)36-38-35(28-13-5-2-6-14-28)39-37(40-36)31-16-9-15-30(24-31)25-10-3-1-4-11-25;1-32(2)33(3,4)39-34(38-32)28-20-18-25(19-21-28)30-35-29(24-14-9-6-10-15-24)36-31(37-30)27-17-11-16-26(22-27)23-12-7-5-8-13-23;11-10-8-4-2-1-3-7(8)5-6-9(10)12/h1-24,41H;5-22H,1-4H3;1-6,12H. The van der Waals surface area contributed by atoms with Crippen LogP contribution < -0.4 is 5.46 Å². The highest BCUT2D eigenvalue weighted by molar-refractivity contribution is 9.10. The zero-order valence-corrected chi connectivity index (χ0v) is 52.6. The Bertz CT molecular complexity index is 4890. The quantitative estimate of drug-likeness (QED) is 0.127. The van der Waals surface area contributed by atoms with E-state index in [1.54, 1.807) is 12.1 Å². The number of benzene rings is 12. The van der Waals surface area contributed by atoms with Crippen LogP contribution in [0.25, 0.3) is 123 Å². The van der Waals surface area contributed by atoms with Crippen molar-refractivity contribution in [1.29, 1.82) is 0 Å². The molecule has 0 aliphatic carbocycles. The molecule has 1 aliphatic rings. The van der Waals surface area contributed by atoms with Gasteiger partial charge in [0.15, 0.2) is 34.9 Å². The molecule has 0 atom stereocenters. The van der Waals surface area contributed by atoms with Crippen LogP contribution in [0.3, 0.4) is 0 Å². The van der Waals surface area contributed by atoms with E-state index in [9.17, 15) is 10.2 Å². The average molecular weight is 1260 g/mol. The van der Waals surface area contributed by atoms with Gasteiger partial charge in [-0.05, 0) is 123 Å². The van der Waals surface area contributed by atoms with Gasteiger partial charge in [0.05, 0.1) is 15.7 Å². The van der Waals surface area contributed by atoms with Gasteiger partial charge in [-0.2, -0.15) is 0 Å². The van der Waals surface area contributed by atoms with E-state index in [4.69, 9.17) is 39.2 Å². The van der Waals surface area contributed by atoms with Gasteiger partial charge in [0.25, 0.3) is 0 Å². The lowest BCUT2D eigenvalue weighted by molar-refractivity contribution is 0.00578. The Morgan fingerprint density at radius 1 is 0.293 bits per heavy atom. The number of hydrogen-bond acceptors (Lipinski definition) is 10. The summed E-state index contributed by atoms with van der Waals surface area (Å²) in [6.07, 6.45) is 0. The number of rotatable bonds is 10. The largest absolute Gasteiger partial charge is 0.507 e. The van der Waals surface area contributed by atoms with Crippen molar-refractivity contribution in [2.75, 3.05) is 0 Å². The second-order valence-corrected chi connectivity index (χ2v) is 24.1. The first kappa shape index (κ1) is 60.2. The first-order chi connectivity index (χ1) is 44.8. The predicted molar refractivity (Wildman–Crippen MR) is 377 cm³/mol. The van der Waals surface area contributed by atoms with Crippen LogP contribution in [0.4, 0.5) is 0 Å². The third-order valence-electron chi connectivity index (χ3n) is 16.7. The fourth-order valence-corrected chi connectivity index (χ4v) is 11.5. The fraction of sp³-hybridized carbons (Fsp3) is 0.0750. The Hall–Kier alpha value is -10.8. The zero-order chi connectivity index (χ0) is 63.2. The van der Waals surface area contributed by atoms with Gasteiger partial charge in [-0.1, -0.05) is 267 Å². The summed E-state index contributed by atoms with van der Waals surface area (Å²) in [5.74, 6) is 4.24. The molecule has 10 nitrogen and oxygen atoms in total. The number of fused-ring (bicyclic) bond motifs is 2. The number of aromatic nitrogens is 6. The minimum Gasteiger partial charge on any atom is -0.507 e. The van der Waals surface area contributed by atoms with Crippen LogP contribution in [0.1, 0.15) is 27.7 Å². The highest BCUT2D eigenvalue weighted by Gasteiger charge is 2.51.